The Morgan fingerprint density at radius 3 is 2.07 bits per heavy atom. The summed E-state index contributed by atoms with van der Waals surface area (Å²) in [5.41, 5.74) is 3.46. The molecule has 0 spiro atoms. The zero-order valence-electron chi connectivity index (χ0n) is 15.9. The fraction of sp³-hybridized carbons (Fsp3) is 0.318. The van der Waals surface area contributed by atoms with Crippen LogP contribution in [0.15, 0.2) is 65.2 Å². The van der Waals surface area contributed by atoms with Crippen molar-refractivity contribution in [3.8, 4) is 22.8 Å². The Balaban J connectivity index is 1.21. The molecule has 0 aliphatic carbocycles. The number of aromatic nitrogens is 1. The fourth-order valence-electron chi connectivity index (χ4n) is 5.09. The topological polar surface area (TPSA) is 35.8 Å². The second-order valence-corrected chi connectivity index (χ2v) is 8.45. The van der Waals surface area contributed by atoms with Gasteiger partial charge in [-0.05, 0) is 12.1 Å². The minimum absolute atomic E-state index is 0.679. The van der Waals surface area contributed by atoms with Crippen LogP contribution in [0.4, 0.5) is 0 Å². The van der Waals surface area contributed by atoms with Gasteiger partial charge in [-0.25, -0.2) is 19.7 Å². The van der Waals surface area contributed by atoms with Crippen LogP contribution in [0.25, 0.3) is 22.8 Å². The number of benzene rings is 2. The lowest BCUT2D eigenvalue weighted by atomic mass is 10.1. The van der Waals surface area contributed by atoms with E-state index < -0.39 is 0 Å². The van der Waals surface area contributed by atoms with Gasteiger partial charge in [-0.2, -0.15) is 0 Å². The maximum Gasteiger partial charge on any atom is 0.226 e. The molecule has 4 bridgehead atoms. The summed E-state index contributed by atoms with van der Waals surface area (Å²) < 4.78 is 7.12. The predicted molar refractivity (Wildman–Crippen MR) is 106 cm³/mol. The van der Waals surface area contributed by atoms with Crippen LogP contribution in [0.1, 0.15) is 5.56 Å². The Morgan fingerprint density at radius 2 is 1.43 bits per heavy atom. The van der Waals surface area contributed by atoms with E-state index in [1.807, 2.05) is 36.5 Å². The first-order chi connectivity index (χ1) is 13.7. The molecule has 6 nitrogen and oxygen atoms in total. The molecule has 1 aromatic heterocycles. The van der Waals surface area contributed by atoms with Crippen LogP contribution >= 0.6 is 0 Å². The van der Waals surface area contributed by atoms with Gasteiger partial charge in [-0.3, -0.25) is 4.48 Å². The molecule has 142 valence electrons. The van der Waals surface area contributed by atoms with E-state index in [4.69, 9.17) is 4.42 Å². The molecule has 28 heavy (non-hydrogen) atoms. The van der Waals surface area contributed by atoms with E-state index in [0.717, 1.165) is 67.9 Å². The zero-order valence-corrected chi connectivity index (χ0v) is 15.9. The molecular formula is C22H24N5O+. The molecule has 4 saturated heterocycles. The summed E-state index contributed by atoms with van der Waals surface area (Å²) in [6, 6.07) is 18.9. The first-order valence-corrected chi connectivity index (χ1v) is 9.88. The second-order valence-electron chi connectivity index (χ2n) is 8.45. The van der Waals surface area contributed by atoms with E-state index in [-0.39, 0.29) is 0 Å². The summed E-state index contributed by atoms with van der Waals surface area (Å²) in [5, 5.41) is 0. The van der Waals surface area contributed by atoms with Crippen molar-refractivity contribution in [3.63, 3.8) is 0 Å². The third-order valence-electron chi connectivity index (χ3n) is 5.98. The minimum atomic E-state index is 0.679. The van der Waals surface area contributed by atoms with Gasteiger partial charge in [0.1, 0.15) is 26.6 Å². The molecule has 0 unspecified atom stereocenters. The average molecular weight is 374 g/mol. The first kappa shape index (κ1) is 16.4. The molecule has 0 saturated carbocycles. The first-order valence-electron chi connectivity index (χ1n) is 9.88. The lowest BCUT2D eigenvalue weighted by molar-refractivity contribution is -0.991. The molecule has 0 N–H and O–H groups in total. The van der Waals surface area contributed by atoms with Crippen LogP contribution in [0.3, 0.4) is 0 Å². The van der Waals surface area contributed by atoms with E-state index in [1.165, 1.54) is 5.56 Å². The molecule has 0 radical (unpaired) electrons. The van der Waals surface area contributed by atoms with Crippen molar-refractivity contribution in [2.75, 3.05) is 40.0 Å². The van der Waals surface area contributed by atoms with E-state index >= 15 is 0 Å². The Hall–Kier alpha value is -2.51. The van der Waals surface area contributed by atoms with Crippen LogP contribution in [-0.2, 0) is 6.54 Å². The van der Waals surface area contributed by atoms with Gasteiger partial charge in [0.05, 0.1) is 26.2 Å². The van der Waals surface area contributed by atoms with Gasteiger partial charge in [-0.1, -0.05) is 42.5 Å². The number of quaternary nitrogens is 1. The minimum Gasteiger partial charge on any atom is -0.436 e. The summed E-state index contributed by atoms with van der Waals surface area (Å²) in [7, 11) is 0. The van der Waals surface area contributed by atoms with E-state index in [1.54, 1.807) is 0 Å². The predicted octanol–water partition coefficient (Wildman–Crippen LogP) is 3.02. The molecular weight excluding hydrogens is 350 g/mol. The zero-order chi connectivity index (χ0) is 18.6. The SMILES string of the molecule is c1ccc(-c2cnc(-c3ccc(C[N+]45CN6CN(CN(C6)C4)C5)cc3)o2)cc1. The van der Waals surface area contributed by atoms with Crippen LogP contribution in [0.5, 0.6) is 0 Å². The third kappa shape index (κ3) is 2.86. The molecule has 7 rings (SSSR count). The number of rotatable bonds is 4. The van der Waals surface area contributed by atoms with E-state index in [2.05, 4.69) is 43.9 Å². The lowest BCUT2D eigenvalue weighted by Crippen LogP contribution is -2.78. The van der Waals surface area contributed by atoms with Crippen LogP contribution in [0, 0.1) is 0 Å². The van der Waals surface area contributed by atoms with Crippen LogP contribution < -0.4 is 0 Å². The van der Waals surface area contributed by atoms with Gasteiger partial charge >= 0.3 is 0 Å². The molecule has 4 fully saturated rings. The standard InChI is InChI=1S/C22H24N5O/c1-2-4-19(5-3-1)21-10-23-22(28-21)20-8-6-18(7-9-20)11-27-15-24-12-25(16-27)14-26(13-24)17-27/h1-10H,11-17H2/q+1. The third-order valence-corrected chi connectivity index (χ3v) is 5.98. The van der Waals surface area contributed by atoms with Crippen LogP contribution in [-0.4, -0.2) is 64.2 Å². The number of nitrogens with zero attached hydrogens (tertiary/aromatic N) is 5. The quantitative estimate of drug-likeness (QED) is 0.656. The van der Waals surface area contributed by atoms with E-state index in [0.29, 0.717) is 5.89 Å². The van der Waals surface area contributed by atoms with E-state index in [9.17, 15) is 0 Å². The average Bonchev–Trinajstić information content (AvgIpc) is 3.18. The maximum atomic E-state index is 5.99. The normalized spacial score (nSPS) is 30.6. The highest BCUT2D eigenvalue weighted by Crippen LogP contribution is 2.31. The maximum absolute atomic E-state index is 5.99. The van der Waals surface area contributed by atoms with Gasteiger partial charge < -0.3 is 4.42 Å². The lowest BCUT2D eigenvalue weighted by Gasteiger charge is -2.60. The molecule has 2 aromatic carbocycles. The van der Waals surface area contributed by atoms with Crippen molar-refractivity contribution in [2.45, 2.75) is 6.54 Å². The largest absolute Gasteiger partial charge is 0.436 e. The Kier molecular flexibility index (Phi) is 3.67. The summed E-state index contributed by atoms with van der Waals surface area (Å²) in [4.78, 5) is 12.2. The van der Waals surface area contributed by atoms with Gasteiger partial charge in [-0.15, -0.1) is 0 Å². The van der Waals surface area contributed by atoms with Crippen LogP contribution in [0.2, 0.25) is 0 Å². The monoisotopic (exact) mass is 374 g/mol. The molecule has 4 aliphatic rings. The number of hydrogen-bond donors (Lipinski definition) is 0. The molecule has 0 amide bonds. The van der Waals surface area contributed by atoms with Gasteiger partial charge in [0.15, 0.2) is 5.76 Å². The fourth-order valence-corrected chi connectivity index (χ4v) is 5.09. The Labute approximate surface area is 164 Å². The highest BCUT2D eigenvalue weighted by molar-refractivity contribution is 5.61. The van der Waals surface area contributed by atoms with Gasteiger partial charge in [0.25, 0.3) is 0 Å². The van der Waals surface area contributed by atoms with Crippen molar-refractivity contribution in [3.05, 3.63) is 66.4 Å². The molecule has 0 atom stereocenters. The van der Waals surface area contributed by atoms with Crippen molar-refractivity contribution in [1.29, 1.82) is 0 Å². The molecule has 5 heterocycles. The number of oxazole rings is 1. The Morgan fingerprint density at radius 1 is 0.786 bits per heavy atom. The summed E-state index contributed by atoms with van der Waals surface area (Å²) in [6.07, 6.45) is 1.81. The highest BCUT2D eigenvalue weighted by atomic mass is 16.4. The summed E-state index contributed by atoms with van der Waals surface area (Å²) in [6.45, 7) is 7.94. The highest BCUT2D eigenvalue weighted by Gasteiger charge is 2.48. The van der Waals surface area contributed by atoms with Gasteiger partial charge in [0, 0.05) is 16.7 Å². The smallest absolute Gasteiger partial charge is 0.226 e. The Bertz CT molecular complexity index is 946. The van der Waals surface area contributed by atoms with Crippen molar-refractivity contribution in [2.24, 2.45) is 0 Å². The molecule has 6 heteroatoms. The van der Waals surface area contributed by atoms with Crippen molar-refractivity contribution < 1.29 is 8.90 Å². The second kappa shape index (κ2) is 6.25. The summed E-state index contributed by atoms with van der Waals surface area (Å²) >= 11 is 0. The van der Waals surface area contributed by atoms with Crippen molar-refractivity contribution >= 4 is 0 Å². The summed E-state index contributed by atoms with van der Waals surface area (Å²) in [5.74, 6) is 1.49. The molecule has 4 aliphatic heterocycles. The van der Waals surface area contributed by atoms with Crippen molar-refractivity contribution in [1.82, 2.24) is 19.7 Å². The molecule has 3 aromatic rings. The number of hydrogen-bond acceptors (Lipinski definition) is 5. The van der Waals surface area contributed by atoms with Gasteiger partial charge in [0.2, 0.25) is 5.89 Å².